The molecule has 0 aliphatic carbocycles. The number of likely N-dealkylation sites (N-methyl/N-ethyl adjacent to an activating group) is 1. The van der Waals surface area contributed by atoms with Crippen molar-refractivity contribution in [3.05, 3.63) is 29.8 Å². The number of hydrogen-bond acceptors (Lipinski definition) is 4. The highest BCUT2D eigenvalue weighted by Crippen LogP contribution is 2.24. The minimum Gasteiger partial charge on any atom is -0.311 e. The van der Waals surface area contributed by atoms with Crippen LogP contribution in [0, 0.1) is 0 Å². The molecule has 1 heterocycles. The first kappa shape index (κ1) is 15.9. The van der Waals surface area contributed by atoms with Gasteiger partial charge in [0.2, 0.25) is 15.9 Å². The molecule has 0 bridgehead atoms. The van der Waals surface area contributed by atoms with E-state index < -0.39 is 15.3 Å². The Bertz CT molecular complexity index is 611. The number of nitrogens with two attached hydrogens (primary N) is 1. The van der Waals surface area contributed by atoms with E-state index in [4.69, 9.17) is 5.14 Å². The Morgan fingerprint density at radius 2 is 1.90 bits per heavy atom. The van der Waals surface area contributed by atoms with Crippen LogP contribution in [0.3, 0.4) is 0 Å². The molecule has 0 spiro atoms. The van der Waals surface area contributed by atoms with Crippen LogP contribution in [-0.4, -0.2) is 51.7 Å². The SMILES string of the molecule is CN(C)CCc1ccc(N2CC(S(N)(=O)=O)CC2=O)cc1. The number of hydrogen-bond donors (Lipinski definition) is 1. The van der Waals surface area contributed by atoms with Crippen LogP contribution in [0.25, 0.3) is 0 Å². The number of primary sulfonamides is 1. The molecule has 1 aromatic rings. The Balaban J connectivity index is 2.07. The van der Waals surface area contributed by atoms with Gasteiger partial charge >= 0.3 is 0 Å². The molecule has 1 fully saturated rings. The van der Waals surface area contributed by atoms with Crippen molar-refractivity contribution < 1.29 is 13.2 Å². The second kappa shape index (κ2) is 6.13. The molecule has 1 amide bonds. The van der Waals surface area contributed by atoms with Crippen molar-refractivity contribution in [3.8, 4) is 0 Å². The highest BCUT2D eigenvalue weighted by Gasteiger charge is 2.37. The Morgan fingerprint density at radius 3 is 2.38 bits per heavy atom. The summed E-state index contributed by atoms with van der Waals surface area (Å²) in [7, 11) is 0.366. The summed E-state index contributed by atoms with van der Waals surface area (Å²) in [6, 6.07) is 7.65. The van der Waals surface area contributed by atoms with E-state index in [-0.39, 0.29) is 18.9 Å². The summed E-state index contributed by atoms with van der Waals surface area (Å²) in [4.78, 5) is 15.5. The molecule has 1 saturated heterocycles. The minimum atomic E-state index is -3.67. The van der Waals surface area contributed by atoms with Crippen molar-refractivity contribution in [2.45, 2.75) is 18.1 Å². The third kappa shape index (κ3) is 4.03. The van der Waals surface area contributed by atoms with Crippen molar-refractivity contribution >= 4 is 21.6 Å². The lowest BCUT2D eigenvalue weighted by Gasteiger charge is -2.17. The van der Waals surface area contributed by atoms with Crippen LogP contribution in [-0.2, 0) is 21.2 Å². The van der Waals surface area contributed by atoms with Crippen molar-refractivity contribution in [1.29, 1.82) is 0 Å². The third-order valence-corrected chi connectivity index (χ3v) is 4.89. The Labute approximate surface area is 125 Å². The van der Waals surface area contributed by atoms with Gasteiger partial charge in [-0.25, -0.2) is 13.6 Å². The van der Waals surface area contributed by atoms with E-state index in [0.717, 1.165) is 18.7 Å². The summed E-state index contributed by atoms with van der Waals surface area (Å²) >= 11 is 0. The fraction of sp³-hybridized carbons (Fsp3) is 0.500. The number of benzene rings is 1. The maximum absolute atomic E-state index is 11.9. The molecule has 0 radical (unpaired) electrons. The summed E-state index contributed by atoms with van der Waals surface area (Å²) in [6.07, 6.45) is 0.891. The van der Waals surface area contributed by atoms with Gasteiger partial charge in [0.1, 0.15) is 5.25 Å². The van der Waals surface area contributed by atoms with Crippen molar-refractivity contribution in [1.82, 2.24) is 4.90 Å². The lowest BCUT2D eigenvalue weighted by Crippen LogP contribution is -2.32. The monoisotopic (exact) mass is 311 g/mol. The van der Waals surface area contributed by atoms with E-state index in [1.165, 1.54) is 10.5 Å². The second-order valence-electron chi connectivity index (χ2n) is 5.64. The molecule has 2 N–H and O–H groups in total. The predicted octanol–water partition coefficient (Wildman–Crippen LogP) is 0.185. The van der Waals surface area contributed by atoms with E-state index in [1.54, 1.807) is 0 Å². The topological polar surface area (TPSA) is 83.7 Å². The molecule has 2 rings (SSSR count). The highest BCUT2D eigenvalue weighted by atomic mass is 32.2. The van der Waals surface area contributed by atoms with E-state index in [2.05, 4.69) is 4.90 Å². The summed E-state index contributed by atoms with van der Waals surface area (Å²) in [5.74, 6) is -0.199. The van der Waals surface area contributed by atoms with E-state index >= 15 is 0 Å². The molecule has 0 saturated carbocycles. The first-order chi connectivity index (χ1) is 9.77. The molecule has 0 aromatic heterocycles. The molecule has 1 atom stereocenters. The summed E-state index contributed by atoms with van der Waals surface area (Å²) < 4.78 is 22.7. The normalized spacial score (nSPS) is 19.5. The first-order valence-corrected chi connectivity index (χ1v) is 8.44. The van der Waals surface area contributed by atoms with Crippen LogP contribution in [0.2, 0.25) is 0 Å². The zero-order valence-electron chi connectivity index (χ0n) is 12.3. The van der Waals surface area contributed by atoms with Gasteiger partial charge in [-0.3, -0.25) is 4.79 Å². The van der Waals surface area contributed by atoms with Crippen LogP contribution in [0.1, 0.15) is 12.0 Å². The highest BCUT2D eigenvalue weighted by molar-refractivity contribution is 7.89. The van der Waals surface area contributed by atoms with Crippen LogP contribution >= 0.6 is 0 Å². The molecule has 1 aliphatic heterocycles. The molecule has 1 unspecified atom stereocenters. The molecular formula is C14H21N3O3S. The molecule has 1 aromatic carbocycles. The smallest absolute Gasteiger partial charge is 0.228 e. The van der Waals surface area contributed by atoms with Crippen molar-refractivity contribution in [3.63, 3.8) is 0 Å². The third-order valence-electron chi connectivity index (χ3n) is 3.65. The molecule has 7 heteroatoms. The van der Waals surface area contributed by atoms with Crippen molar-refractivity contribution in [2.24, 2.45) is 5.14 Å². The number of nitrogens with zero attached hydrogens (tertiary/aromatic N) is 2. The van der Waals surface area contributed by atoms with Gasteiger partial charge in [-0.15, -0.1) is 0 Å². The van der Waals surface area contributed by atoms with E-state index in [9.17, 15) is 13.2 Å². The van der Waals surface area contributed by atoms with E-state index in [0.29, 0.717) is 0 Å². The van der Waals surface area contributed by atoms with E-state index in [1.807, 2.05) is 38.4 Å². The number of amides is 1. The number of anilines is 1. The summed E-state index contributed by atoms with van der Waals surface area (Å²) in [6.45, 7) is 1.09. The van der Waals surface area contributed by atoms with Crippen LogP contribution < -0.4 is 10.0 Å². The zero-order chi connectivity index (χ0) is 15.6. The summed E-state index contributed by atoms with van der Waals surface area (Å²) in [5, 5.41) is 4.32. The van der Waals surface area contributed by atoms with Gasteiger partial charge in [0.25, 0.3) is 0 Å². The largest absolute Gasteiger partial charge is 0.311 e. The van der Waals surface area contributed by atoms with Crippen LogP contribution in [0.5, 0.6) is 0 Å². The predicted molar refractivity (Wildman–Crippen MR) is 82.6 cm³/mol. The van der Waals surface area contributed by atoms with Gasteiger partial charge < -0.3 is 9.80 Å². The fourth-order valence-electron chi connectivity index (χ4n) is 2.34. The molecular weight excluding hydrogens is 290 g/mol. The standard InChI is InChI=1S/C14H21N3O3S/c1-16(2)8-7-11-3-5-12(6-4-11)17-10-13(9-14(17)18)21(15,19)20/h3-6,13H,7-10H2,1-2H3,(H2,15,19,20). The average Bonchev–Trinajstić information content (AvgIpc) is 2.79. The number of carbonyl (C=O) groups is 1. The maximum Gasteiger partial charge on any atom is 0.228 e. The average molecular weight is 311 g/mol. The minimum absolute atomic E-state index is 0.0405. The van der Waals surface area contributed by atoms with Crippen LogP contribution in [0.4, 0.5) is 5.69 Å². The number of sulfonamides is 1. The molecule has 1 aliphatic rings. The second-order valence-corrected chi connectivity index (χ2v) is 7.48. The maximum atomic E-state index is 11.9. The Kier molecular flexibility index (Phi) is 4.65. The molecule has 21 heavy (non-hydrogen) atoms. The van der Waals surface area contributed by atoms with Gasteiger partial charge in [-0.2, -0.15) is 0 Å². The van der Waals surface area contributed by atoms with Gasteiger partial charge in [-0.05, 0) is 38.2 Å². The van der Waals surface area contributed by atoms with Crippen molar-refractivity contribution in [2.75, 3.05) is 32.1 Å². The van der Waals surface area contributed by atoms with Crippen LogP contribution in [0.15, 0.2) is 24.3 Å². The van der Waals surface area contributed by atoms with Gasteiger partial charge in [0.15, 0.2) is 0 Å². The lowest BCUT2D eigenvalue weighted by molar-refractivity contribution is -0.117. The van der Waals surface area contributed by atoms with Gasteiger partial charge in [-0.1, -0.05) is 12.1 Å². The fourth-order valence-corrected chi connectivity index (χ4v) is 3.07. The summed E-state index contributed by atoms with van der Waals surface area (Å²) in [5.41, 5.74) is 1.90. The van der Waals surface area contributed by atoms with Gasteiger partial charge in [0.05, 0.1) is 0 Å². The van der Waals surface area contributed by atoms with Gasteiger partial charge in [0, 0.05) is 25.2 Å². The first-order valence-electron chi connectivity index (χ1n) is 6.83. The molecule has 116 valence electrons. The molecule has 6 nitrogen and oxygen atoms in total. The lowest BCUT2D eigenvalue weighted by atomic mass is 10.1. The Morgan fingerprint density at radius 1 is 1.29 bits per heavy atom. The quantitative estimate of drug-likeness (QED) is 0.841. The Hall–Kier alpha value is -1.44. The number of carbonyl (C=O) groups excluding carboxylic acids is 1. The zero-order valence-corrected chi connectivity index (χ0v) is 13.1. The number of rotatable bonds is 5.